The first-order valence-corrected chi connectivity index (χ1v) is 10.1. The summed E-state index contributed by atoms with van der Waals surface area (Å²) in [5.41, 5.74) is 5.20. The van der Waals surface area contributed by atoms with Gasteiger partial charge in [-0.25, -0.2) is 4.79 Å². The third kappa shape index (κ3) is 7.00. The maximum Gasteiger partial charge on any atom is 0.326 e. The molecule has 1 saturated heterocycles. The van der Waals surface area contributed by atoms with Gasteiger partial charge in [0, 0.05) is 6.54 Å². The van der Waals surface area contributed by atoms with Crippen molar-refractivity contribution < 1.29 is 34.2 Å². The van der Waals surface area contributed by atoms with Crippen LogP contribution >= 0.6 is 11.8 Å². The third-order valence-corrected chi connectivity index (χ3v) is 4.91. The largest absolute Gasteiger partial charge is 0.481 e. The topological polar surface area (TPSA) is 179 Å². The average molecular weight is 418 g/mol. The number of carboxylic acid groups (broad SMARTS) is 2. The zero-order chi connectivity index (χ0) is 21.3. The number of hydrogen-bond donors (Lipinski definition) is 5. The number of nitrogens with zero attached hydrogens (tertiary/aromatic N) is 1. The minimum absolute atomic E-state index is 0.202. The Labute approximate surface area is 166 Å². The Balaban J connectivity index is 2.88. The zero-order valence-electron chi connectivity index (χ0n) is 15.6. The van der Waals surface area contributed by atoms with Crippen molar-refractivity contribution in [3.05, 3.63) is 0 Å². The molecule has 0 radical (unpaired) electrons. The summed E-state index contributed by atoms with van der Waals surface area (Å²) >= 11 is 1.44. The van der Waals surface area contributed by atoms with Gasteiger partial charge in [-0.05, 0) is 31.3 Å². The van der Waals surface area contributed by atoms with Crippen molar-refractivity contribution in [2.75, 3.05) is 25.1 Å². The molecule has 0 aromatic rings. The molecule has 11 nitrogen and oxygen atoms in total. The van der Waals surface area contributed by atoms with Gasteiger partial charge in [0.05, 0.1) is 13.0 Å². The van der Waals surface area contributed by atoms with Crippen molar-refractivity contribution in [2.24, 2.45) is 5.73 Å². The van der Waals surface area contributed by atoms with E-state index in [1.54, 1.807) is 0 Å². The standard InChI is InChI=1S/C16H26N4O7S/c1-28-6-4-9(16(26)27)19-14(24)11-3-2-5-20(11)15(25)10(7-13(22)23)18-12(21)8-17/h9-11H,2-8,17H2,1H3,(H,18,21)(H,19,24)(H,22,23)(H,26,27). The van der Waals surface area contributed by atoms with Gasteiger partial charge in [-0.2, -0.15) is 11.8 Å². The Bertz CT molecular complexity index is 616. The number of rotatable bonds is 11. The number of carbonyl (C=O) groups is 5. The van der Waals surface area contributed by atoms with Gasteiger partial charge in [0.1, 0.15) is 18.1 Å². The molecule has 3 atom stereocenters. The molecule has 0 aromatic carbocycles. The van der Waals surface area contributed by atoms with Crippen LogP contribution in [0.3, 0.4) is 0 Å². The Hall–Kier alpha value is -2.34. The highest BCUT2D eigenvalue weighted by Crippen LogP contribution is 2.20. The molecule has 0 spiro atoms. The molecule has 0 aliphatic carbocycles. The van der Waals surface area contributed by atoms with Crippen LogP contribution in [-0.2, 0) is 24.0 Å². The predicted octanol–water partition coefficient (Wildman–Crippen LogP) is -1.78. The van der Waals surface area contributed by atoms with Crippen molar-refractivity contribution in [1.82, 2.24) is 15.5 Å². The first kappa shape index (κ1) is 23.7. The molecule has 158 valence electrons. The Morgan fingerprint density at radius 2 is 1.86 bits per heavy atom. The highest BCUT2D eigenvalue weighted by atomic mass is 32.2. The molecule has 3 unspecified atom stereocenters. The second kappa shape index (κ2) is 11.5. The minimum atomic E-state index is -1.35. The van der Waals surface area contributed by atoms with Gasteiger partial charge in [0.2, 0.25) is 17.7 Å². The summed E-state index contributed by atoms with van der Waals surface area (Å²) in [4.78, 5) is 60.4. The molecular formula is C16H26N4O7S. The van der Waals surface area contributed by atoms with Gasteiger partial charge in [-0.1, -0.05) is 0 Å². The summed E-state index contributed by atoms with van der Waals surface area (Å²) in [7, 11) is 0. The lowest BCUT2D eigenvalue weighted by Crippen LogP contribution is -2.56. The van der Waals surface area contributed by atoms with E-state index in [1.807, 2.05) is 6.26 Å². The number of carboxylic acids is 2. The van der Waals surface area contributed by atoms with Crippen LogP contribution in [0.1, 0.15) is 25.7 Å². The monoisotopic (exact) mass is 418 g/mol. The lowest BCUT2D eigenvalue weighted by Gasteiger charge is -2.29. The van der Waals surface area contributed by atoms with E-state index in [2.05, 4.69) is 10.6 Å². The van der Waals surface area contributed by atoms with Gasteiger partial charge in [-0.3, -0.25) is 19.2 Å². The molecule has 1 fully saturated rings. The van der Waals surface area contributed by atoms with Gasteiger partial charge < -0.3 is 31.5 Å². The van der Waals surface area contributed by atoms with Crippen LogP contribution in [0.5, 0.6) is 0 Å². The number of aliphatic carboxylic acids is 2. The summed E-state index contributed by atoms with van der Waals surface area (Å²) in [6.07, 6.45) is 2.21. The van der Waals surface area contributed by atoms with Crippen LogP contribution in [0.2, 0.25) is 0 Å². The van der Waals surface area contributed by atoms with E-state index in [9.17, 15) is 29.1 Å². The molecule has 3 amide bonds. The fourth-order valence-electron chi connectivity index (χ4n) is 2.89. The van der Waals surface area contributed by atoms with Crippen LogP contribution < -0.4 is 16.4 Å². The molecule has 0 bridgehead atoms. The van der Waals surface area contributed by atoms with E-state index in [0.717, 1.165) is 0 Å². The summed E-state index contributed by atoms with van der Waals surface area (Å²) in [6, 6.07) is -3.35. The molecule has 1 heterocycles. The average Bonchev–Trinajstić information content (AvgIpc) is 3.12. The smallest absolute Gasteiger partial charge is 0.326 e. The first-order chi connectivity index (χ1) is 13.2. The van der Waals surface area contributed by atoms with Gasteiger partial charge in [0.25, 0.3) is 0 Å². The Morgan fingerprint density at radius 1 is 1.18 bits per heavy atom. The lowest BCUT2D eigenvalue weighted by molar-refractivity contribution is -0.147. The Kier molecular flexibility index (Phi) is 9.73. The van der Waals surface area contributed by atoms with Crippen molar-refractivity contribution in [1.29, 1.82) is 0 Å². The zero-order valence-corrected chi connectivity index (χ0v) is 16.4. The van der Waals surface area contributed by atoms with Crippen LogP contribution in [0.15, 0.2) is 0 Å². The minimum Gasteiger partial charge on any atom is -0.481 e. The molecule has 28 heavy (non-hydrogen) atoms. The van der Waals surface area contributed by atoms with Crippen LogP contribution in [0.25, 0.3) is 0 Å². The molecule has 1 aliphatic heterocycles. The second-order valence-corrected chi connectivity index (χ2v) is 7.28. The molecule has 1 aliphatic rings. The number of carbonyl (C=O) groups excluding carboxylic acids is 3. The predicted molar refractivity (Wildman–Crippen MR) is 101 cm³/mol. The maximum absolute atomic E-state index is 12.7. The van der Waals surface area contributed by atoms with E-state index < -0.39 is 60.8 Å². The highest BCUT2D eigenvalue weighted by molar-refractivity contribution is 7.98. The normalized spacial score (nSPS) is 18.2. The summed E-state index contributed by atoms with van der Waals surface area (Å²) < 4.78 is 0. The van der Waals surface area contributed by atoms with Crippen LogP contribution in [0.4, 0.5) is 0 Å². The third-order valence-electron chi connectivity index (χ3n) is 4.26. The lowest BCUT2D eigenvalue weighted by atomic mass is 10.1. The number of amides is 3. The van der Waals surface area contributed by atoms with Crippen LogP contribution in [-0.4, -0.2) is 88.0 Å². The van der Waals surface area contributed by atoms with Crippen molar-refractivity contribution in [3.8, 4) is 0 Å². The number of hydrogen-bond acceptors (Lipinski definition) is 7. The van der Waals surface area contributed by atoms with Crippen molar-refractivity contribution >= 4 is 41.4 Å². The summed E-state index contributed by atoms with van der Waals surface area (Å²) in [5, 5.41) is 22.9. The summed E-state index contributed by atoms with van der Waals surface area (Å²) in [5.74, 6) is -3.94. The molecule has 6 N–H and O–H groups in total. The SMILES string of the molecule is CSCCC(NC(=O)C1CCCN1C(=O)C(CC(=O)O)NC(=O)CN)C(=O)O. The van der Waals surface area contributed by atoms with E-state index in [1.165, 1.54) is 16.7 Å². The van der Waals surface area contributed by atoms with Crippen LogP contribution in [0, 0.1) is 0 Å². The maximum atomic E-state index is 12.7. The van der Waals surface area contributed by atoms with Crippen molar-refractivity contribution in [3.63, 3.8) is 0 Å². The van der Waals surface area contributed by atoms with E-state index in [4.69, 9.17) is 10.8 Å². The molecule has 1 rings (SSSR count). The molecular weight excluding hydrogens is 392 g/mol. The van der Waals surface area contributed by atoms with Gasteiger partial charge >= 0.3 is 11.9 Å². The van der Waals surface area contributed by atoms with E-state index >= 15 is 0 Å². The Morgan fingerprint density at radius 3 is 2.39 bits per heavy atom. The highest BCUT2D eigenvalue weighted by Gasteiger charge is 2.39. The summed E-state index contributed by atoms with van der Waals surface area (Å²) in [6.45, 7) is -0.211. The van der Waals surface area contributed by atoms with Gasteiger partial charge in [0.15, 0.2) is 0 Å². The number of nitrogens with two attached hydrogens (primary N) is 1. The fourth-order valence-corrected chi connectivity index (χ4v) is 3.36. The second-order valence-electron chi connectivity index (χ2n) is 6.29. The quantitative estimate of drug-likeness (QED) is 0.259. The molecule has 0 aromatic heterocycles. The molecule has 12 heteroatoms. The van der Waals surface area contributed by atoms with E-state index in [-0.39, 0.29) is 13.0 Å². The molecule has 0 saturated carbocycles. The van der Waals surface area contributed by atoms with Crippen molar-refractivity contribution in [2.45, 2.75) is 43.8 Å². The number of thioether (sulfide) groups is 1. The first-order valence-electron chi connectivity index (χ1n) is 8.75. The van der Waals surface area contributed by atoms with Gasteiger partial charge in [-0.15, -0.1) is 0 Å². The fraction of sp³-hybridized carbons (Fsp3) is 0.688. The number of nitrogens with one attached hydrogen (secondary N) is 2. The number of likely N-dealkylation sites (tertiary alicyclic amines) is 1. The van der Waals surface area contributed by atoms with E-state index in [0.29, 0.717) is 18.6 Å².